The van der Waals surface area contributed by atoms with Crippen molar-refractivity contribution < 1.29 is 35.0 Å². The molecule has 1 aromatic carbocycles. The minimum Gasteiger partial charge on any atom is -0.414 e. The Bertz CT molecular complexity index is 1090. The van der Waals surface area contributed by atoms with Gasteiger partial charge >= 0.3 is 15.6 Å². The molecule has 1 aliphatic carbocycles. The number of alkyl halides is 3. The molecule has 1 aliphatic heterocycles. The van der Waals surface area contributed by atoms with Gasteiger partial charge in [0.2, 0.25) is 5.91 Å². The minimum absolute atomic E-state index is 0.000809. The van der Waals surface area contributed by atoms with Crippen molar-refractivity contribution in [3.05, 3.63) is 27.7 Å². The summed E-state index contributed by atoms with van der Waals surface area (Å²) in [6.45, 7) is 11.8. The van der Waals surface area contributed by atoms with Crippen LogP contribution >= 0.6 is 23.2 Å². The Morgan fingerprint density at radius 1 is 1.03 bits per heavy atom. The van der Waals surface area contributed by atoms with Gasteiger partial charge in [0.05, 0.1) is 0 Å². The monoisotopic (exact) mass is 603 g/mol. The lowest BCUT2D eigenvalue weighted by Crippen LogP contribution is -2.47. The second kappa shape index (κ2) is 10.9. The second-order valence-electron chi connectivity index (χ2n) is 11.4. The van der Waals surface area contributed by atoms with Crippen molar-refractivity contribution in [1.29, 1.82) is 0 Å². The first-order chi connectivity index (χ1) is 16.8. The first-order valence-electron chi connectivity index (χ1n) is 12.3. The number of amides is 1. The Kier molecular flexibility index (Phi) is 8.96. The van der Waals surface area contributed by atoms with Crippen LogP contribution < -0.4 is 4.18 Å². The van der Waals surface area contributed by atoms with Gasteiger partial charge in [-0.1, -0.05) is 44.0 Å². The summed E-state index contributed by atoms with van der Waals surface area (Å²) in [6, 6.07) is 2.07. The highest BCUT2D eigenvalue weighted by Gasteiger charge is 2.49. The number of hydrogen-bond donors (Lipinski definition) is 0. The zero-order valence-corrected chi connectivity index (χ0v) is 25.0. The largest absolute Gasteiger partial charge is 0.534 e. The van der Waals surface area contributed by atoms with E-state index in [1.807, 2.05) is 4.90 Å². The van der Waals surface area contributed by atoms with Crippen LogP contribution in [0.15, 0.2) is 12.1 Å². The lowest BCUT2D eigenvalue weighted by Gasteiger charge is -2.42. The Morgan fingerprint density at radius 2 is 1.57 bits per heavy atom. The third-order valence-corrected chi connectivity index (χ3v) is 13.9. The number of benzene rings is 1. The number of carbonyl (C=O) groups excluding carboxylic acids is 1. The van der Waals surface area contributed by atoms with Crippen LogP contribution in [-0.4, -0.2) is 51.7 Å². The van der Waals surface area contributed by atoms with Gasteiger partial charge in [0.15, 0.2) is 8.32 Å². The molecule has 6 nitrogen and oxygen atoms in total. The summed E-state index contributed by atoms with van der Waals surface area (Å²) in [5.41, 5.74) is -5.22. The molecule has 37 heavy (non-hydrogen) atoms. The molecule has 0 N–H and O–H groups in total. The molecule has 0 spiro atoms. The summed E-state index contributed by atoms with van der Waals surface area (Å²) in [7, 11) is -7.71. The fourth-order valence-electron chi connectivity index (χ4n) is 4.63. The molecule has 3 rings (SSSR count). The van der Waals surface area contributed by atoms with Crippen LogP contribution in [0.2, 0.25) is 28.2 Å². The quantitative estimate of drug-likeness (QED) is 0.192. The predicted octanol–water partition coefficient (Wildman–Crippen LogP) is 6.95. The zero-order valence-electron chi connectivity index (χ0n) is 21.6. The second-order valence-corrected chi connectivity index (χ2v) is 18.5. The van der Waals surface area contributed by atoms with Crippen molar-refractivity contribution in [2.45, 2.75) is 95.1 Å². The number of carbonyl (C=O) groups is 1. The highest BCUT2D eigenvalue weighted by molar-refractivity contribution is 7.88. The molecule has 0 unspecified atom stereocenters. The molecule has 1 heterocycles. The fraction of sp³-hybridized carbons (Fsp3) is 0.708. The van der Waals surface area contributed by atoms with E-state index in [0.29, 0.717) is 18.5 Å². The number of halogens is 5. The van der Waals surface area contributed by atoms with Crippen LogP contribution in [-0.2, 0) is 25.8 Å². The molecule has 13 heteroatoms. The molecule has 1 atom stereocenters. The predicted molar refractivity (Wildman–Crippen MR) is 140 cm³/mol. The summed E-state index contributed by atoms with van der Waals surface area (Å²) in [6.07, 6.45) is 4.58. The van der Waals surface area contributed by atoms with E-state index in [4.69, 9.17) is 27.6 Å². The molecule has 2 fully saturated rings. The van der Waals surface area contributed by atoms with Crippen LogP contribution in [0.3, 0.4) is 0 Å². The van der Waals surface area contributed by atoms with Gasteiger partial charge < -0.3 is 13.5 Å². The average molecular weight is 605 g/mol. The standard InChI is InChI=1S/C24H34Cl2F3NO5SSi/c1-23(2,3)37(4,5)35-17-8-6-16(7-9-17)30-11-10-15(22(30)31)12-19-20(25)13-18(14-21(19)26)34-36(32,33)24(27,28)29/h13-17H,6-12H2,1-5H3/t15-,16-,17+/m0/s1. The van der Waals surface area contributed by atoms with Crippen LogP contribution in [0.1, 0.15) is 58.4 Å². The molecule has 0 aromatic heterocycles. The van der Waals surface area contributed by atoms with E-state index in [9.17, 15) is 26.4 Å². The van der Waals surface area contributed by atoms with Gasteiger partial charge in [0, 0.05) is 46.8 Å². The average Bonchev–Trinajstić information content (AvgIpc) is 3.09. The summed E-state index contributed by atoms with van der Waals surface area (Å²) in [5.74, 6) is -1.02. The van der Waals surface area contributed by atoms with E-state index >= 15 is 0 Å². The van der Waals surface area contributed by atoms with Gasteiger partial charge in [-0.25, -0.2) is 0 Å². The van der Waals surface area contributed by atoms with Crippen molar-refractivity contribution >= 4 is 47.5 Å². The van der Waals surface area contributed by atoms with Gasteiger partial charge in [-0.3, -0.25) is 4.79 Å². The van der Waals surface area contributed by atoms with Gasteiger partial charge in [-0.05, 0) is 62.2 Å². The third-order valence-electron chi connectivity index (χ3n) is 7.76. The summed E-state index contributed by atoms with van der Waals surface area (Å²) in [5, 5.41) is 0.0189. The zero-order chi connectivity index (χ0) is 28.0. The molecule has 1 aromatic rings. The van der Waals surface area contributed by atoms with Crippen molar-refractivity contribution in [3.8, 4) is 5.75 Å². The topological polar surface area (TPSA) is 72.9 Å². The van der Waals surface area contributed by atoms with Crippen molar-refractivity contribution in [3.63, 3.8) is 0 Å². The maximum absolute atomic E-state index is 13.2. The SMILES string of the molecule is CC(C)(C)[Si](C)(C)O[C@H]1CC[C@@H](N2CC[C@@H](Cc3c(Cl)cc(OS(=O)(=O)C(F)(F)F)cc3Cl)C2=O)CC1. The molecule has 1 saturated heterocycles. The lowest BCUT2D eigenvalue weighted by atomic mass is 9.92. The maximum atomic E-state index is 13.2. The lowest BCUT2D eigenvalue weighted by molar-refractivity contribution is -0.133. The van der Waals surface area contributed by atoms with Crippen LogP contribution in [0.25, 0.3) is 0 Å². The Labute approximate surface area is 228 Å². The molecular formula is C24H34Cl2F3NO5SSi. The van der Waals surface area contributed by atoms with E-state index in [1.54, 1.807) is 0 Å². The number of hydrogen-bond acceptors (Lipinski definition) is 5. The minimum atomic E-state index is -5.85. The molecule has 2 aliphatic rings. The van der Waals surface area contributed by atoms with Crippen molar-refractivity contribution in [2.24, 2.45) is 5.92 Å². The molecular weight excluding hydrogens is 570 g/mol. The summed E-state index contributed by atoms with van der Waals surface area (Å²) >= 11 is 12.4. The van der Waals surface area contributed by atoms with Gasteiger partial charge in [0.1, 0.15) is 5.75 Å². The number of nitrogens with zero attached hydrogens (tertiary/aromatic N) is 1. The van der Waals surface area contributed by atoms with E-state index in [1.165, 1.54) is 0 Å². The van der Waals surface area contributed by atoms with Gasteiger partial charge in [-0.2, -0.15) is 21.6 Å². The summed E-state index contributed by atoms with van der Waals surface area (Å²) in [4.78, 5) is 15.1. The first kappa shape index (κ1) is 30.5. The molecule has 0 radical (unpaired) electrons. The van der Waals surface area contributed by atoms with E-state index in [2.05, 4.69) is 38.0 Å². The molecule has 1 amide bonds. The maximum Gasteiger partial charge on any atom is 0.534 e. The van der Waals surface area contributed by atoms with Gasteiger partial charge in [-0.15, -0.1) is 0 Å². The van der Waals surface area contributed by atoms with Crippen molar-refractivity contribution in [2.75, 3.05) is 6.54 Å². The van der Waals surface area contributed by atoms with Gasteiger partial charge in [0.25, 0.3) is 0 Å². The van der Waals surface area contributed by atoms with E-state index in [0.717, 1.165) is 37.8 Å². The Balaban J connectivity index is 1.61. The number of likely N-dealkylation sites (tertiary alicyclic amines) is 1. The normalized spacial score (nSPS) is 24.0. The van der Waals surface area contributed by atoms with Crippen LogP contribution in [0, 0.1) is 5.92 Å². The van der Waals surface area contributed by atoms with E-state index in [-0.39, 0.29) is 45.5 Å². The van der Waals surface area contributed by atoms with Crippen LogP contribution in [0.4, 0.5) is 13.2 Å². The third kappa shape index (κ3) is 6.95. The Hall–Kier alpha value is -1.01. The Morgan fingerprint density at radius 3 is 2.05 bits per heavy atom. The highest BCUT2D eigenvalue weighted by atomic mass is 35.5. The van der Waals surface area contributed by atoms with Crippen LogP contribution in [0.5, 0.6) is 5.75 Å². The molecule has 1 saturated carbocycles. The summed E-state index contributed by atoms with van der Waals surface area (Å²) < 4.78 is 71.1. The first-order valence-corrected chi connectivity index (χ1v) is 17.4. The van der Waals surface area contributed by atoms with Crippen molar-refractivity contribution in [1.82, 2.24) is 4.90 Å². The molecule has 0 bridgehead atoms. The number of rotatable bonds is 7. The smallest absolute Gasteiger partial charge is 0.414 e. The highest BCUT2D eigenvalue weighted by Crippen LogP contribution is 2.41. The van der Waals surface area contributed by atoms with E-state index < -0.39 is 29.7 Å². The fourth-order valence-corrected chi connectivity index (χ4v) is 7.11. The molecule has 210 valence electrons.